The molecule has 0 bridgehead atoms. The van der Waals surface area contributed by atoms with Gasteiger partial charge in [0.2, 0.25) is 0 Å². The van der Waals surface area contributed by atoms with Crippen LogP contribution in [0.15, 0.2) is 6.20 Å². The zero-order chi connectivity index (χ0) is 12.6. The first-order chi connectivity index (χ1) is 7.10. The number of thiazole rings is 1. The van der Waals surface area contributed by atoms with Crippen molar-refractivity contribution in [1.82, 2.24) is 4.98 Å². The summed E-state index contributed by atoms with van der Waals surface area (Å²) in [6, 6.07) is 0. The molecule has 3 N–H and O–H groups in total. The number of nitrogens with zero attached hydrogens (tertiary/aromatic N) is 1. The minimum Gasteiger partial charge on any atom is -0.809 e. The fourth-order valence-electron chi connectivity index (χ4n) is 0.879. The zero-order valence-electron chi connectivity index (χ0n) is 9.93. The average molecular weight is 332 g/mol. The Balaban J connectivity index is 0. The van der Waals surface area contributed by atoms with Gasteiger partial charge in [-0.3, -0.25) is 4.57 Å². The van der Waals surface area contributed by atoms with Gasteiger partial charge in [-0.05, 0) is 14.5 Å². The maximum atomic E-state index is 10.8. The molecule has 13 heteroatoms. The Morgan fingerprint density at radius 2 is 1.89 bits per heavy atom. The van der Waals surface area contributed by atoms with Crippen molar-refractivity contribution in [2.75, 3.05) is 5.32 Å². The van der Waals surface area contributed by atoms with Crippen molar-refractivity contribution in [1.29, 1.82) is 0 Å². The van der Waals surface area contributed by atoms with Crippen molar-refractivity contribution < 1.29 is 87.8 Å². The maximum absolute atomic E-state index is 10.8. The van der Waals surface area contributed by atoms with Crippen LogP contribution in [0.4, 0.5) is 5.13 Å². The SMILES string of the molecule is Cc1cnc(NC(P(=O)([O-])[O-])P(=O)(O)O)s1.[Na+].[Na+]. The molecule has 0 fully saturated rings. The second kappa shape index (κ2) is 8.24. The third-order valence-electron chi connectivity index (χ3n) is 1.49. The van der Waals surface area contributed by atoms with Gasteiger partial charge < -0.3 is 29.5 Å². The van der Waals surface area contributed by atoms with Gasteiger partial charge in [-0.2, -0.15) is 0 Å². The number of nitrogens with one attached hydrogen (secondary N) is 1. The van der Waals surface area contributed by atoms with Crippen LogP contribution >= 0.6 is 26.5 Å². The fraction of sp³-hybridized carbons (Fsp3) is 0.400. The summed E-state index contributed by atoms with van der Waals surface area (Å²) in [6.45, 7) is 1.67. The standard InChI is InChI=1S/C5H10N2O6P2S.2Na/c1-3-2-6-4(16-3)7-5(14(8,9)10)15(11,12)13;;/h2,5H,1H3,(H,6,7)(H2,8,9,10)(H2,11,12,13);;/q;2*+1/p-2. The van der Waals surface area contributed by atoms with Crippen LogP contribution in [-0.4, -0.2) is 20.3 Å². The molecule has 0 saturated heterocycles. The molecular formula is C5H8N2Na2O6P2S. The molecule has 0 aromatic carbocycles. The Hall–Kier alpha value is 1.73. The number of hydrogen-bond donors (Lipinski definition) is 3. The van der Waals surface area contributed by atoms with Crippen LogP contribution in [0.1, 0.15) is 4.88 Å². The number of aryl methyl sites for hydroxylation is 1. The molecule has 1 aromatic rings. The van der Waals surface area contributed by atoms with Crippen LogP contribution in [0.2, 0.25) is 0 Å². The third-order valence-corrected chi connectivity index (χ3v) is 5.58. The molecule has 1 unspecified atom stereocenters. The van der Waals surface area contributed by atoms with Crippen molar-refractivity contribution in [3.8, 4) is 0 Å². The normalized spacial score (nSPS) is 13.2. The molecule has 92 valence electrons. The molecule has 1 aromatic heterocycles. The van der Waals surface area contributed by atoms with Crippen molar-refractivity contribution in [2.24, 2.45) is 0 Å². The Kier molecular flexibility index (Phi) is 10.1. The molecule has 0 aliphatic heterocycles. The maximum Gasteiger partial charge on any atom is 1.00 e. The van der Waals surface area contributed by atoms with E-state index in [4.69, 9.17) is 9.79 Å². The molecule has 0 spiro atoms. The molecule has 1 heterocycles. The van der Waals surface area contributed by atoms with E-state index in [1.54, 1.807) is 6.92 Å². The molecule has 18 heavy (non-hydrogen) atoms. The van der Waals surface area contributed by atoms with E-state index in [0.29, 0.717) is 4.88 Å². The minimum atomic E-state index is -5.46. The van der Waals surface area contributed by atoms with Gasteiger partial charge in [0.15, 0.2) is 10.7 Å². The van der Waals surface area contributed by atoms with Crippen LogP contribution in [0, 0.1) is 6.92 Å². The van der Waals surface area contributed by atoms with E-state index in [0.717, 1.165) is 11.3 Å². The summed E-state index contributed by atoms with van der Waals surface area (Å²) < 4.78 is 21.5. The molecule has 8 nitrogen and oxygen atoms in total. The van der Waals surface area contributed by atoms with Crippen molar-refractivity contribution in [3.63, 3.8) is 0 Å². The van der Waals surface area contributed by atoms with Gasteiger partial charge in [0.05, 0.1) is 0 Å². The Morgan fingerprint density at radius 1 is 1.39 bits per heavy atom. The van der Waals surface area contributed by atoms with Crippen molar-refractivity contribution >= 4 is 31.7 Å². The summed E-state index contributed by atoms with van der Waals surface area (Å²) >= 11 is 0.984. The first-order valence-corrected chi connectivity index (χ1v) is 7.97. The molecule has 0 amide bonds. The monoisotopic (exact) mass is 332 g/mol. The van der Waals surface area contributed by atoms with Crippen LogP contribution in [0.5, 0.6) is 0 Å². The molecule has 1 rings (SSSR count). The summed E-state index contributed by atoms with van der Waals surface area (Å²) in [6.07, 6.45) is 1.38. The largest absolute Gasteiger partial charge is 1.00 e. The quantitative estimate of drug-likeness (QED) is 0.364. The van der Waals surface area contributed by atoms with E-state index in [1.807, 2.05) is 5.32 Å². The summed E-state index contributed by atoms with van der Waals surface area (Å²) in [5, 5.41) is 1.91. The van der Waals surface area contributed by atoms with Crippen LogP contribution in [0.25, 0.3) is 0 Å². The summed E-state index contributed by atoms with van der Waals surface area (Å²) in [4.78, 5) is 43.2. The van der Waals surface area contributed by atoms with Crippen molar-refractivity contribution in [3.05, 3.63) is 11.1 Å². The molecule has 0 aliphatic carbocycles. The van der Waals surface area contributed by atoms with E-state index in [-0.39, 0.29) is 64.2 Å². The van der Waals surface area contributed by atoms with Gasteiger partial charge >= 0.3 is 66.7 Å². The third kappa shape index (κ3) is 6.95. The second-order valence-corrected chi connectivity index (χ2v) is 7.86. The van der Waals surface area contributed by atoms with Gasteiger partial charge in [0.25, 0.3) is 0 Å². The van der Waals surface area contributed by atoms with E-state index in [1.165, 1.54) is 6.20 Å². The number of rotatable bonds is 4. The predicted octanol–water partition coefficient (Wildman–Crippen LogP) is -6.75. The smallest absolute Gasteiger partial charge is 0.809 e. The van der Waals surface area contributed by atoms with E-state index < -0.39 is 20.7 Å². The first kappa shape index (κ1) is 22.0. The molecule has 0 radical (unpaired) electrons. The van der Waals surface area contributed by atoms with Crippen LogP contribution in [-0.2, 0) is 9.13 Å². The minimum absolute atomic E-state index is 0. The van der Waals surface area contributed by atoms with E-state index in [9.17, 15) is 18.9 Å². The molecule has 0 saturated carbocycles. The second-order valence-electron chi connectivity index (χ2n) is 2.92. The van der Waals surface area contributed by atoms with Crippen LogP contribution < -0.4 is 74.2 Å². The average Bonchev–Trinajstić information content (AvgIpc) is 2.43. The van der Waals surface area contributed by atoms with Gasteiger partial charge in [0, 0.05) is 11.1 Å². The fourth-order valence-corrected chi connectivity index (χ4v) is 3.79. The Bertz CT molecular complexity index is 450. The van der Waals surface area contributed by atoms with E-state index >= 15 is 0 Å². The van der Waals surface area contributed by atoms with Gasteiger partial charge in [-0.25, -0.2) is 4.98 Å². The number of hydrogen-bond acceptors (Lipinski definition) is 7. The van der Waals surface area contributed by atoms with Gasteiger partial charge in [0.1, 0.15) is 0 Å². The Labute approximate surface area is 152 Å². The number of anilines is 1. The van der Waals surface area contributed by atoms with E-state index in [2.05, 4.69) is 4.98 Å². The molecule has 1 atom stereocenters. The first-order valence-electron chi connectivity index (χ1n) is 3.86. The van der Waals surface area contributed by atoms with Crippen LogP contribution in [0.3, 0.4) is 0 Å². The number of aromatic nitrogens is 1. The van der Waals surface area contributed by atoms with Gasteiger partial charge in [-0.15, -0.1) is 11.3 Å². The summed E-state index contributed by atoms with van der Waals surface area (Å²) in [7, 11) is -10.5. The topological polar surface area (TPSA) is 146 Å². The summed E-state index contributed by atoms with van der Waals surface area (Å²) in [5.41, 5.74) is -2.48. The Morgan fingerprint density at radius 3 is 2.17 bits per heavy atom. The predicted molar refractivity (Wildman–Crippen MR) is 53.9 cm³/mol. The van der Waals surface area contributed by atoms with Gasteiger partial charge in [-0.1, -0.05) is 0 Å². The molecule has 0 aliphatic rings. The zero-order valence-corrected chi connectivity index (χ0v) is 16.5. The van der Waals surface area contributed by atoms with Crippen molar-refractivity contribution in [2.45, 2.75) is 12.4 Å². The summed E-state index contributed by atoms with van der Waals surface area (Å²) in [5.74, 6) is 0. The molecular weight excluding hydrogens is 324 g/mol.